The van der Waals surface area contributed by atoms with Crippen LogP contribution in [0.15, 0.2) is 64.2 Å². The minimum Gasteiger partial charge on any atom is -0.483 e. The first-order valence-corrected chi connectivity index (χ1v) is 12.1. The molecule has 0 heterocycles. The topological polar surface area (TPSA) is 109 Å². The SMILES string of the molecule is Cc1cc(Br)ccc1NC(=O)COc1ccc(Cl)cc1/C=N\NC(=O)C(=O)Nc1cccc(Cl)c1Cl. The van der Waals surface area contributed by atoms with Gasteiger partial charge in [0.15, 0.2) is 6.61 Å². The molecule has 8 nitrogen and oxygen atoms in total. The summed E-state index contributed by atoms with van der Waals surface area (Å²) in [4.78, 5) is 36.6. The number of halogens is 4. The Bertz CT molecular complexity index is 1350. The number of hydrazone groups is 1. The van der Waals surface area contributed by atoms with Gasteiger partial charge in [0.25, 0.3) is 5.91 Å². The molecule has 0 bridgehead atoms. The van der Waals surface area contributed by atoms with Crippen LogP contribution in [0.5, 0.6) is 5.75 Å². The Balaban J connectivity index is 1.60. The summed E-state index contributed by atoms with van der Waals surface area (Å²) >= 11 is 21.3. The Labute approximate surface area is 230 Å². The minimum absolute atomic E-state index is 0.101. The van der Waals surface area contributed by atoms with Crippen LogP contribution in [0.1, 0.15) is 11.1 Å². The van der Waals surface area contributed by atoms with Crippen LogP contribution in [0.2, 0.25) is 15.1 Å². The van der Waals surface area contributed by atoms with Crippen LogP contribution in [-0.4, -0.2) is 30.5 Å². The van der Waals surface area contributed by atoms with E-state index < -0.39 is 11.8 Å². The molecule has 0 radical (unpaired) electrons. The van der Waals surface area contributed by atoms with Crippen molar-refractivity contribution in [3.05, 3.63) is 85.3 Å². The van der Waals surface area contributed by atoms with Crippen molar-refractivity contribution in [1.29, 1.82) is 0 Å². The number of hydrogen-bond donors (Lipinski definition) is 3. The van der Waals surface area contributed by atoms with Crippen molar-refractivity contribution in [2.45, 2.75) is 6.92 Å². The third kappa shape index (κ3) is 7.69. The highest BCUT2D eigenvalue weighted by Crippen LogP contribution is 2.29. The number of nitrogens with one attached hydrogen (secondary N) is 3. The van der Waals surface area contributed by atoms with Gasteiger partial charge in [-0.05, 0) is 61.0 Å². The lowest BCUT2D eigenvalue weighted by Crippen LogP contribution is -2.32. The number of rotatable bonds is 7. The third-order valence-corrected chi connectivity index (χ3v) is 6.12. The maximum atomic E-state index is 12.3. The van der Waals surface area contributed by atoms with Crippen molar-refractivity contribution in [3.63, 3.8) is 0 Å². The molecule has 0 atom stereocenters. The molecule has 0 spiro atoms. The molecule has 0 unspecified atom stereocenters. The largest absolute Gasteiger partial charge is 0.483 e. The number of nitrogens with zero attached hydrogens (tertiary/aromatic N) is 1. The molecule has 36 heavy (non-hydrogen) atoms. The van der Waals surface area contributed by atoms with Crippen LogP contribution < -0.4 is 20.8 Å². The molecular weight excluding hydrogens is 595 g/mol. The van der Waals surface area contributed by atoms with Crippen LogP contribution in [0.25, 0.3) is 0 Å². The second-order valence-corrected chi connectivity index (χ2v) is 9.37. The van der Waals surface area contributed by atoms with Crippen LogP contribution in [0, 0.1) is 6.92 Å². The fourth-order valence-electron chi connectivity index (χ4n) is 2.84. The number of hydrogen-bond acceptors (Lipinski definition) is 5. The summed E-state index contributed by atoms with van der Waals surface area (Å²) in [5, 5.41) is 9.59. The van der Waals surface area contributed by atoms with Gasteiger partial charge in [-0.1, -0.05) is 56.8 Å². The van der Waals surface area contributed by atoms with Crippen LogP contribution >= 0.6 is 50.7 Å². The highest BCUT2D eigenvalue weighted by molar-refractivity contribution is 9.10. The van der Waals surface area contributed by atoms with Gasteiger partial charge in [0.05, 0.1) is 21.9 Å². The summed E-state index contributed by atoms with van der Waals surface area (Å²) in [6.45, 7) is 1.58. The Kier molecular flexibility index (Phi) is 9.72. The van der Waals surface area contributed by atoms with Gasteiger partial charge in [-0.15, -0.1) is 0 Å². The first kappa shape index (κ1) is 27.5. The highest BCUT2D eigenvalue weighted by atomic mass is 79.9. The van der Waals surface area contributed by atoms with Crippen molar-refractivity contribution < 1.29 is 19.1 Å². The monoisotopic (exact) mass is 610 g/mol. The van der Waals surface area contributed by atoms with Gasteiger partial charge in [-0.3, -0.25) is 14.4 Å². The quantitative estimate of drug-likeness (QED) is 0.177. The molecule has 3 aromatic rings. The van der Waals surface area contributed by atoms with Gasteiger partial charge < -0.3 is 15.4 Å². The Morgan fingerprint density at radius 1 is 0.972 bits per heavy atom. The predicted molar refractivity (Wildman–Crippen MR) is 145 cm³/mol. The average molecular weight is 613 g/mol. The van der Waals surface area contributed by atoms with Crippen LogP contribution in [0.4, 0.5) is 11.4 Å². The molecule has 3 amide bonds. The van der Waals surface area contributed by atoms with E-state index in [9.17, 15) is 14.4 Å². The van der Waals surface area contributed by atoms with Gasteiger partial charge in [-0.2, -0.15) is 5.10 Å². The maximum absolute atomic E-state index is 12.3. The van der Waals surface area contributed by atoms with E-state index >= 15 is 0 Å². The number of aryl methyl sites for hydroxylation is 1. The molecule has 0 saturated carbocycles. The maximum Gasteiger partial charge on any atom is 0.329 e. The van der Waals surface area contributed by atoms with Crippen molar-refractivity contribution in [2.75, 3.05) is 17.2 Å². The lowest BCUT2D eigenvalue weighted by molar-refractivity contribution is -0.136. The number of anilines is 2. The standard InChI is InChI=1S/C24H18BrCl3N4O4/c1-13-9-15(25)5-7-18(13)30-21(33)12-36-20-8-6-16(26)10-14(20)11-29-32-24(35)23(34)31-19-4-2-3-17(27)22(19)28/h2-11H,12H2,1H3,(H,30,33)(H,31,34)(H,32,35)/b29-11-. The first-order chi connectivity index (χ1) is 17.1. The van der Waals surface area contributed by atoms with Crippen LogP contribution in [-0.2, 0) is 14.4 Å². The summed E-state index contributed by atoms with van der Waals surface area (Å²) in [6.07, 6.45) is 1.23. The van der Waals surface area contributed by atoms with Crippen molar-refractivity contribution in [3.8, 4) is 5.75 Å². The lowest BCUT2D eigenvalue weighted by atomic mass is 10.2. The fraction of sp³-hybridized carbons (Fsp3) is 0.0833. The summed E-state index contributed by atoms with van der Waals surface area (Å²) in [6, 6.07) is 14.7. The molecule has 3 rings (SSSR count). The van der Waals surface area contributed by atoms with Crippen molar-refractivity contribution in [1.82, 2.24) is 5.43 Å². The third-order valence-electron chi connectivity index (χ3n) is 4.57. The zero-order chi connectivity index (χ0) is 26.2. The van der Waals surface area contributed by atoms with E-state index in [2.05, 4.69) is 37.1 Å². The molecule has 0 fully saturated rings. The number of carbonyl (C=O) groups is 3. The van der Waals surface area contributed by atoms with Gasteiger partial charge in [0.1, 0.15) is 5.75 Å². The van der Waals surface area contributed by atoms with E-state index in [4.69, 9.17) is 39.5 Å². The number of amides is 3. The van der Waals surface area contributed by atoms with Crippen molar-refractivity contribution in [2.24, 2.45) is 5.10 Å². The molecule has 0 aliphatic carbocycles. The number of ether oxygens (including phenoxy) is 1. The summed E-state index contributed by atoms with van der Waals surface area (Å²) < 4.78 is 6.51. The summed E-state index contributed by atoms with van der Waals surface area (Å²) in [7, 11) is 0. The Hall–Kier alpha value is -3.11. The molecule has 186 valence electrons. The van der Waals surface area contributed by atoms with Crippen molar-refractivity contribution >= 4 is 86.0 Å². The summed E-state index contributed by atoms with van der Waals surface area (Å²) in [5.74, 6) is -2.13. The Morgan fingerprint density at radius 3 is 2.50 bits per heavy atom. The van der Waals surface area contributed by atoms with Gasteiger partial charge in [0, 0.05) is 20.7 Å². The first-order valence-electron chi connectivity index (χ1n) is 10.2. The molecule has 0 saturated heterocycles. The van der Waals surface area contributed by atoms with E-state index in [1.807, 2.05) is 19.1 Å². The molecule has 0 aromatic heterocycles. The second kappa shape index (κ2) is 12.7. The number of benzene rings is 3. The average Bonchev–Trinajstić information content (AvgIpc) is 2.83. The molecule has 3 N–H and O–H groups in total. The lowest BCUT2D eigenvalue weighted by Gasteiger charge is -2.11. The zero-order valence-electron chi connectivity index (χ0n) is 18.6. The second-order valence-electron chi connectivity index (χ2n) is 7.23. The van der Waals surface area contributed by atoms with E-state index in [0.29, 0.717) is 16.3 Å². The predicted octanol–water partition coefficient (Wildman–Crippen LogP) is 5.82. The number of carbonyl (C=O) groups excluding carboxylic acids is 3. The smallest absolute Gasteiger partial charge is 0.329 e. The van der Waals surface area contributed by atoms with Gasteiger partial charge >= 0.3 is 11.8 Å². The minimum atomic E-state index is -1.05. The molecule has 0 aliphatic rings. The van der Waals surface area contributed by atoms with E-state index in [1.54, 1.807) is 30.3 Å². The Morgan fingerprint density at radius 2 is 1.75 bits per heavy atom. The van der Waals surface area contributed by atoms with Gasteiger partial charge in [-0.25, -0.2) is 5.43 Å². The molecule has 0 aliphatic heterocycles. The fourth-order valence-corrected chi connectivity index (χ4v) is 3.84. The molecular formula is C24H18BrCl3N4O4. The van der Waals surface area contributed by atoms with E-state index in [0.717, 1.165) is 10.0 Å². The van der Waals surface area contributed by atoms with Crippen LogP contribution in [0.3, 0.4) is 0 Å². The van der Waals surface area contributed by atoms with E-state index in [1.165, 1.54) is 18.3 Å². The van der Waals surface area contributed by atoms with E-state index in [-0.39, 0.29) is 34.0 Å². The summed E-state index contributed by atoms with van der Waals surface area (Å²) in [5.41, 5.74) is 4.19. The van der Waals surface area contributed by atoms with Gasteiger partial charge in [0.2, 0.25) is 0 Å². The molecule has 3 aromatic carbocycles. The zero-order valence-corrected chi connectivity index (χ0v) is 22.4. The normalized spacial score (nSPS) is 10.7. The molecule has 12 heteroatoms. The highest BCUT2D eigenvalue weighted by Gasteiger charge is 2.16.